The first kappa shape index (κ1) is 21.8. The number of nitrogens with one attached hydrogen (secondary N) is 1. The van der Waals surface area contributed by atoms with Gasteiger partial charge < -0.3 is 0 Å². The van der Waals surface area contributed by atoms with Crippen LogP contribution >= 0.6 is 0 Å². The average Bonchev–Trinajstić information content (AvgIpc) is 2.99. The van der Waals surface area contributed by atoms with Gasteiger partial charge >= 0.3 is 6.18 Å². The molecule has 0 amide bonds. The van der Waals surface area contributed by atoms with E-state index in [4.69, 9.17) is 0 Å². The van der Waals surface area contributed by atoms with Gasteiger partial charge in [-0.1, -0.05) is 6.07 Å². The maximum Gasteiger partial charge on any atom is 0.435 e. The van der Waals surface area contributed by atoms with E-state index >= 15 is 0 Å². The summed E-state index contributed by atoms with van der Waals surface area (Å²) >= 11 is 0. The van der Waals surface area contributed by atoms with Gasteiger partial charge in [-0.15, -0.1) is 0 Å². The number of nitrogens with zero attached hydrogens (tertiary/aromatic N) is 2. The van der Waals surface area contributed by atoms with Crippen molar-refractivity contribution < 1.29 is 21.6 Å². The molecule has 3 rings (SSSR count). The van der Waals surface area contributed by atoms with Gasteiger partial charge in [-0.05, 0) is 75.6 Å². The minimum absolute atomic E-state index is 0.0282. The Bertz CT molecular complexity index is 1010. The molecule has 1 aromatic carbocycles. The van der Waals surface area contributed by atoms with E-state index in [9.17, 15) is 21.6 Å². The van der Waals surface area contributed by atoms with Crippen LogP contribution < -0.4 is 4.72 Å². The molecule has 1 aromatic heterocycles. The molecule has 0 saturated carbocycles. The van der Waals surface area contributed by atoms with Crippen molar-refractivity contribution in [2.45, 2.75) is 71.0 Å². The predicted octanol–water partition coefficient (Wildman–Crippen LogP) is 3.99. The highest BCUT2D eigenvalue weighted by Gasteiger charge is 2.39. The van der Waals surface area contributed by atoms with E-state index in [2.05, 4.69) is 9.82 Å². The van der Waals surface area contributed by atoms with Crippen LogP contribution in [0.3, 0.4) is 0 Å². The Morgan fingerprint density at radius 3 is 2.24 bits per heavy atom. The molecule has 0 spiro atoms. The molecule has 2 aromatic rings. The summed E-state index contributed by atoms with van der Waals surface area (Å²) in [6.45, 7) is 7.26. The van der Waals surface area contributed by atoms with Crippen LogP contribution in [0.2, 0.25) is 0 Å². The molecule has 1 heterocycles. The molecule has 0 atom stereocenters. The molecule has 1 aliphatic carbocycles. The maximum absolute atomic E-state index is 13.3. The summed E-state index contributed by atoms with van der Waals surface area (Å²) in [7, 11) is -3.79. The summed E-state index contributed by atoms with van der Waals surface area (Å²) in [6, 6.07) is 1.94. The number of alkyl halides is 3. The van der Waals surface area contributed by atoms with Crippen molar-refractivity contribution in [1.29, 1.82) is 0 Å². The molecule has 9 heteroatoms. The van der Waals surface area contributed by atoms with Crippen LogP contribution in [0.5, 0.6) is 0 Å². The highest BCUT2D eigenvalue weighted by atomic mass is 32.2. The summed E-state index contributed by atoms with van der Waals surface area (Å²) in [6.07, 6.45) is -2.10. The van der Waals surface area contributed by atoms with E-state index in [-0.39, 0.29) is 23.5 Å². The standard InChI is InChI=1S/C20H26F3N3O2S/c1-12-11-13(2)15(4)18(14(12)3)29(27,28)24-9-10-26-17-8-6-5-7-16(17)19(25-26)20(21,22)23/h11,24H,5-10H2,1-4H3. The van der Waals surface area contributed by atoms with Crippen molar-refractivity contribution in [1.82, 2.24) is 14.5 Å². The predicted molar refractivity (Wildman–Crippen MR) is 104 cm³/mol. The van der Waals surface area contributed by atoms with Gasteiger partial charge in [0.2, 0.25) is 10.0 Å². The molecule has 5 nitrogen and oxygen atoms in total. The van der Waals surface area contributed by atoms with Crippen LogP contribution in [0.4, 0.5) is 13.2 Å². The van der Waals surface area contributed by atoms with E-state index in [0.29, 0.717) is 36.1 Å². The van der Waals surface area contributed by atoms with Crippen LogP contribution in [0.1, 0.15) is 52.0 Å². The highest BCUT2D eigenvalue weighted by molar-refractivity contribution is 7.89. The number of hydrogen-bond donors (Lipinski definition) is 1. The molecule has 1 N–H and O–H groups in total. The van der Waals surface area contributed by atoms with Crippen LogP contribution in [-0.4, -0.2) is 24.7 Å². The number of benzene rings is 1. The van der Waals surface area contributed by atoms with Crippen molar-refractivity contribution in [2.24, 2.45) is 0 Å². The fourth-order valence-corrected chi connectivity index (χ4v) is 5.66. The van der Waals surface area contributed by atoms with Crippen LogP contribution in [-0.2, 0) is 35.6 Å². The first-order valence-corrected chi connectivity index (χ1v) is 11.1. The van der Waals surface area contributed by atoms with Gasteiger partial charge in [0.05, 0.1) is 11.4 Å². The van der Waals surface area contributed by atoms with Gasteiger partial charge in [0.15, 0.2) is 5.69 Å². The lowest BCUT2D eigenvalue weighted by Crippen LogP contribution is -2.29. The number of hydrogen-bond acceptors (Lipinski definition) is 3. The second kappa shape index (κ2) is 7.75. The van der Waals surface area contributed by atoms with Crippen molar-refractivity contribution in [2.75, 3.05) is 6.54 Å². The lowest BCUT2D eigenvalue weighted by atomic mass is 9.95. The Labute approximate surface area is 169 Å². The molecule has 0 bridgehead atoms. The number of rotatable bonds is 5. The second-order valence-corrected chi connectivity index (χ2v) is 9.39. The lowest BCUT2D eigenvalue weighted by Gasteiger charge is -2.17. The number of sulfonamides is 1. The zero-order valence-electron chi connectivity index (χ0n) is 17.1. The lowest BCUT2D eigenvalue weighted by molar-refractivity contribution is -0.142. The Morgan fingerprint density at radius 2 is 1.66 bits per heavy atom. The topological polar surface area (TPSA) is 64.0 Å². The van der Waals surface area contributed by atoms with Crippen LogP contribution in [0.25, 0.3) is 0 Å². The molecule has 0 saturated heterocycles. The first-order valence-electron chi connectivity index (χ1n) is 9.66. The fraction of sp³-hybridized carbons (Fsp3) is 0.550. The van der Waals surface area contributed by atoms with Gasteiger partial charge in [-0.3, -0.25) is 4.68 Å². The SMILES string of the molecule is Cc1cc(C)c(C)c(S(=O)(=O)NCCn2nc(C(F)(F)F)c3c2CCCC3)c1C. The first-order chi connectivity index (χ1) is 13.4. The number of aromatic nitrogens is 2. The molecule has 0 unspecified atom stereocenters. The van der Waals surface area contributed by atoms with Crippen molar-refractivity contribution in [3.63, 3.8) is 0 Å². The third-order valence-corrected chi connectivity index (χ3v) is 7.44. The van der Waals surface area contributed by atoms with E-state index in [1.165, 1.54) is 4.68 Å². The number of aryl methyl sites for hydroxylation is 2. The Balaban J connectivity index is 1.83. The largest absolute Gasteiger partial charge is 0.435 e. The van der Waals surface area contributed by atoms with E-state index in [1.54, 1.807) is 13.8 Å². The fourth-order valence-electron chi connectivity index (χ4n) is 4.03. The minimum Gasteiger partial charge on any atom is -0.267 e. The maximum atomic E-state index is 13.3. The van der Waals surface area contributed by atoms with Gasteiger partial charge in [0, 0.05) is 17.8 Å². The van der Waals surface area contributed by atoms with Crippen molar-refractivity contribution in [3.8, 4) is 0 Å². The van der Waals surface area contributed by atoms with Gasteiger partial charge in [-0.2, -0.15) is 18.3 Å². The Hall–Kier alpha value is -1.87. The minimum atomic E-state index is -4.50. The smallest absolute Gasteiger partial charge is 0.267 e. The molecule has 0 aliphatic heterocycles. The molecule has 160 valence electrons. The molecular weight excluding hydrogens is 403 g/mol. The Morgan fingerprint density at radius 1 is 1.07 bits per heavy atom. The second-order valence-electron chi connectivity index (χ2n) is 7.69. The summed E-state index contributed by atoms with van der Waals surface area (Å²) in [5.74, 6) is 0. The van der Waals surface area contributed by atoms with Crippen LogP contribution in [0, 0.1) is 27.7 Å². The van der Waals surface area contributed by atoms with E-state index in [0.717, 1.165) is 17.5 Å². The number of fused-ring (bicyclic) bond motifs is 1. The summed E-state index contributed by atoms with van der Waals surface area (Å²) in [4.78, 5) is 0.244. The third-order valence-electron chi connectivity index (χ3n) is 5.71. The van der Waals surface area contributed by atoms with Crippen LogP contribution in [0.15, 0.2) is 11.0 Å². The molecule has 0 radical (unpaired) electrons. The summed E-state index contributed by atoms with van der Waals surface area (Å²) in [5, 5.41) is 3.78. The monoisotopic (exact) mass is 429 g/mol. The molecule has 0 fully saturated rings. The molecule has 1 aliphatic rings. The zero-order chi connectivity index (χ0) is 21.6. The highest BCUT2D eigenvalue weighted by Crippen LogP contribution is 2.35. The molecular formula is C20H26F3N3O2S. The average molecular weight is 430 g/mol. The quantitative estimate of drug-likeness (QED) is 0.782. The van der Waals surface area contributed by atoms with Gasteiger partial charge in [0.1, 0.15) is 0 Å². The summed E-state index contributed by atoms with van der Waals surface area (Å²) < 4.78 is 69.6. The van der Waals surface area contributed by atoms with E-state index in [1.807, 2.05) is 19.9 Å². The summed E-state index contributed by atoms with van der Waals surface area (Å²) in [5.41, 5.74) is 3.10. The van der Waals surface area contributed by atoms with Crippen molar-refractivity contribution >= 4 is 10.0 Å². The number of halogens is 3. The third kappa shape index (κ3) is 4.21. The van der Waals surface area contributed by atoms with E-state index < -0.39 is 21.9 Å². The van der Waals surface area contributed by atoms with Crippen molar-refractivity contribution in [3.05, 3.63) is 45.3 Å². The van der Waals surface area contributed by atoms with Gasteiger partial charge in [0.25, 0.3) is 0 Å². The molecule has 29 heavy (non-hydrogen) atoms. The normalized spacial score (nSPS) is 14.9. The Kier molecular flexibility index (Phi) is 5.84. The zero-order valence-corrected chi connectivity index (χ0v) is 17.9. The van der Waals surface area contributed by atoms with Gasteiger partial charge in [-0.25, -0.2) is 13.1 Å².